The lowest BCUT2D eigenvalue weighted by Crippen LogP contribution is -2.38. The number of benzene rings is 1. The number of halogens is 1. The largest absolute Gasteiger partial charge is 0.454 e. The number of aromatic nitrogens is 2. The zero-order valence-electron chi connectivity index (χ0n) is 13.1. The minimum Gasteiger partial charge on any atom is -0.454 e. The van der Waals surface area contributed by atoms with E-state index < -0.39 is 0 Å². The van der Waals surface area contributed by atoms with E-state index in [0.29, 0.717) is 46.9 Å². The summed E-state index contributed by atoms with van der Waals surface area (Å²) in [5.41, 5.74) is 0.510. The molecule has 2 aliphatic heterocycles. The normalized spacial score (nSPS) is 17.3. The number of hydrogen-bond acceptors (Lipinski definition) is 6. The molecule has 126 valence electrons. The number of nitrogens with zero attached hydrogens (tertiary/aromatic N) is 3. The van der Waals surface area contributed by atoms with Crippen LogP contribution in [0.4, 0.5) is 0 Å². The van der Waals surface area contributed by atoms with Gasteiger partial charge < -0.3 is 18.9 Å². The number of carbonyl (C=O) groups is 1. The number of likely N-dealkylation sites (tertiary alicyclic amines) is 1. The number of rotatable bonds is 2. The molecule has 0 N–H and O–H groups in total. The van der Waals surface area contributed by atoms with Crippen molar-refractivity contribution in [2.24, 2.45) is 0 Å². The van der Waals surface area contributed by atoms with Crippen LogP contribution in [0.5, 0.6) is 11.5 Å². The Labute approximate surface area is 143 Å². The highest BCUT2D eigenvalue weighted by atomic mass is 35.5. The summed E-state index contributed by atoms with van der Waals surface area (Å²) in [6, 6.07) is 3.31. The van der Waals surface area contributed by atoms with E-state index in [4.69, 9.17) is 25.6 Å². The number of ether oxygens (including phenoxy) is 2. The van der Waals surface area contributed by atoms with Gasteiger partial charge in [0.1, 0.15) is 0 Å². The second-order valence-electron chi connectivity index (χ2n) is 5.94. The maximum absolute atomic E-state index is 12.7. The Morgan fingerprint density at radius 1 is 1.29 bits per heavy atom. The van der Waals surface area contributed by atoms with Crippen molar-refractivity contribution < 1.29 is 18.8 Å². The lowest BCUT2D eigenvalue weighted by molar-refractivity contribution is 0.0704. The molecular weight excluding hydrogens is 334 g/mol. The quantitative estimate of drug-likeness (QED) is 0.829. The molecule has 1 saturated heterocycles. The van der Waals surface area contributed by atoms with E-state index in [0.717, 1.165) is 12.8 Å². The molecule has 1 aromatic heterocycles. The first-order chi connectivity index (χ1) is 11.6. The Hall–Kier alpha value is -2.28. The van der Waals surface area contributed by atoms with Crippen LogP contribution < -0.4 is 9.47 Å². The van der Waals surface area contributed by atoms with Crippen molar-refractivity contribution in [3.63, 3.8) is 0 Å². The van der Waals surface area contributed by atoms with E-state index in [-0.39, 0.29) is 18.6 Å². The van der Waals surface area contributed by atoms with Gasteiger partial charge >= 0.3 is 0 Å². The van der Waals surface area contributed by atoms with Gasteiger partial charge in [-0.05, 0) is 31.9 Å². The zero-order valence-corrected chi connectivity index (χ0v) is 13.9. The second-order valence-corrected chi connectivity index (χ2v) is 6.35. The van der Waals surface area contributed by atoms with E-state index in [1.807, 2.05) is 4.90 Å². The monoisotopic (exact) mass is 349 g/mol. The molecular formula is C16H16ClN3O4. The van der Waals surface area contributed by atoms with Crippen molar-refractivity contribution in [1.82, 2.24) is 15.0 Å². The molecule has 7 nitrogen and oxygen atoms in total. The lowest BCUT2D eigenvalue weighted by Gasteiger charge is -2.30. The summed E-state index contributed by atoms with van der Waals surface area (Å²) in [6.07, 6.45) is 1.59. The van der Waals surface area contributed by atoms with Gasteiger partial charge in [0.05, 0.1) is 5.02 Å². The molecule has 0 saturated carbocycles. The molecule has 2 aliphatic rings. The molecule has 8 heteroatoms. The predicted molar refractivity (Wildman–Crippen MR) is 84.5 cm³/mol. The Morgan fingerprint density at radius 3 is 2.79 bits per heavy atom. The third-order valence-electron chi connectivity index (χ3n) is 4.35. The van der Waals surface area contributed by atoms with Gasteiger partial charge in [-0.25, -0.2) is 0 Å². The summed E-state index contributed by atoms with van der Waals surface area (Å²) < 4.78 is 15.8. The fourth-order valence-corrected chi connectivity index (χ4v) is 3.35. The highest BCUT2D eigenvalue weighted by Gasteiger charge is 2.29. The Kier molecular flexibility index (Phi) is 3.80. The molecule has 2 aromatic rings. The van der Waals surface area contributed by atoms with Gasteiger partial charge in [-0.3, -0.25) is 4.79 Å². The van der Waals surface area contributed by atoms with Gasteiger partial charge in [-0.2, -0.15) is 4.98 Å². The van der Waals surface area contributed by atoms with Crippen LogP contribution in [0.2, 0.25) is 5.02 Å². The van der Waals surface area contributed by atoms with Crippen molar-refractivity contribution in [2.75, 3.05) is 19.9 Å². The predicted octanol–water partition coefficient (Wildman–Crippen LogP) is 2.78. The first-order valence-corrected chi connectivity index (χ1v) is 8.18. The first-order valence-electron chi connectivity index (χ1n) is 7.80. The molecule has 0 radical (unpaired) electrons. The first kappa shape index (κ1) is 15.3. The number of hydrogen-bond donors (Lipinski definition) is 0. The van der Waals surface area contributed by atoms with Crippen LogP contribution in [0.15, 0.2) is 16.7 Å². The molecule has 0 aliphatic carbocycles. The molecule has 3 heterocycles. The molecule has 0 unspecified atom stereocenters. The van der Waals surface area contributed by atoms with Gasteiger partial charge in [0.15, 0.2) is 17.3 Å². The van der Waals surface area contributed by atoms with Crippen molar-refractivity contribution in [2.45, 2.75) is 25.7 Å². The van der Waals surface area contributed by atoms with Gasteiger partial charge in [0.25, 0.3) is 5.91 Å². The topological polar surface area (TPSA) is 77.7 Å². The SMILES string of the molecule is Cc1noc(C2CCN(C(=O)c3cc(Cl)c4c(c3)OCO4)CC2)n1. The summed E-state index contributed by atoms with van der Waals surface area (Å²) in [4.78, 5) is 18.8. The highest BCUT2D eigenvalue weighted by Crippen LogP contribution is 2.40. The average Bonchev–Trinajstić information content (AvgIpc) is 3.23. The van der Waals surface area contributed by atoms with Crippen LogP contribution in [0.25, 0.3) is 0 Å². The van der Waals surface area contributed by atoms with Gasteiger partial charge in [-0.15, -0.1) is 0 Å². The smallest absolute Gasteiger partial charge is 0.254 e. The molecule has 4 rings (SSSR count). The fourth-order valence-electron chi connectivity index (χ4n) is 3.08. The minimum absolute atomic E-state index is 0.0599. The minimum atomic E-state index is -0.0599. The zero-order chi connectivity index (χ0) is 16.7. The van der Waals surface area contributed by atoms with Crippen LogP contribution in [0.1, 0.15) is 40.8 Å². The molecule has 0 bridgehead atoms. The van der Waals surface area contributed by atoms with E-state index in [9.17, 15) is 4.79 Å². The third-order valence-corrected chi connectivity index (χ3v) is 4.63. The molecule has 1 aromatic carbocycles. The van der Waals surface area contributed by atoms with E-state index in [1.54, 1.807) is 19.1 Å². The summed E-state index contributed by atoms with van der Waals surface area (Å²) in [5.74, 6) is 2.45. The number of carbonyl (C=O) groups excluding carboxylic acids is 1. The Morgan fingerprint density at radius 2 is 2.08 bits per heavy atom. The molecule has 0 atom stereocenters. The highest BCUT2D eigenvalue weighted by molar-refractivity contribution is 6.32. The molecule has 1 fully saturated rings. The molecule has 0 spiro atoms. The van der Waals surface area contributed by atoms with Gasteiger partial charge in [0, 0.05) is 24.6 Å². The lowest BCUT2D eigenvalue weighted by atomic mass is 9.96. The average molecular weight is 350 g/mol. The van der Waals surface area contributed by atoms with Crippen LogP contribution in [0, 0.1) is 6.92 Å². The maximum atomic E-state index is 12.7. The van der Waals surface area contributed by atoms with E-state index in [2.05, 4.69) is 10.1 Å². The fraction of sp³-hybridized carbons (Fsp3) is 0.438. The van der Waals surface area contributed by atoms with Crippen molar-refractivity contribution >= 4 is 17.5 Å². The summed E-state index contributed by atoms with van der Waals surface area (Å²) >= 11 is 6.16. The van der Waals surface area contributed by atoms with Crippen molar-refractivity contribution in [1.29, 1.82) is 0 Å². The Bertz CT molecular complexity index is 784. The van der Waals surface area contributed by atoms with Crippen LogP contribution in [-0.2, 0) is 0 Å². The van der Waals surface area contributed by atoms with Crippen LogP contribution >= 0.6 is 11.6 Å². The summed E-state index contributed by atoms with van der Waals surface area (Å²) in [7, 11) is 0. The van der Waals surface area contributed by atoms with E-state index in [1.165, 1.54) is 0 Å². The maximum Gasteiger partial charge on any atom is 0.254 e. The van der Waals surface area contributed by atoms with Crippen molar-refractivity contribution in [3.8, 4) is 11.5 Å². The van der Waals surface area contributed by atoms with Crippen molar-refractivity contribution in [3.05, 3.63) is 34.4 Å². The van der Waals surface area contributed by atoms with Crippen LogP contribution in [0.3, 0.4) is 0 Å². The van der Waals surface area contributed by atoms with E-state index >= 15 is 0 Å². The number of piperidine rings is 1. The van der Waals surface area contributed by atoms with Gasteiger partial charge in [-0.1, -0.05) is 16.8 Å². The Balaban J connectivity index is 1.46. The number of aryl methyl sites for hydroxylation is 1. The van der Waals surface area contributed by atoms with Gasteiger partial charge in [0.2, 0.25) is 12.7 Å². The molecule has 1 amide bonds. The standard InChI is InChI=1S/C16H16ClN3O4/c1-9-18-15(24-19-9)10-2-4-20(5-3-10)16(21)11-6-12(17)14-13(7-11)22-8-23-14/h6-7,10H,2-5,8H2,1H3. The molecule has 24 heavy (non-hydrogen) atoms. The summed E-state index contributed by atoms with van der Waals surface area (Å²) in [6.45, 7) is 3.20. The summed E-state index contributed by atoms with van der Waals surface area (Å²) in [5, 5.41) is 4.22. The number of fused-ring (bicyclic) bond motifs is 1. The number of amides is 1. The van der Waals surface area contributed by atoms with Crippen LogP contribution in [-0.4, -0.2) is 40.8 Å². The second kappa shape index (κ2) is 5.98. The third kappa shape index (κ3) is 2.69.